The summed E-state index contributed by atoms with van der Waals surface area (Å²) in [5, 5.41) is 2.54. The normalized spacial score (nSPS) is 12.4. The highest BCUT2D eigenvalue weighted by molar-refractivity contribution is 7.09. The van der Waals surface area contributed by atoms with Crippen molar-refractivity contribution in [3.8, 4) is 0 Å². The lowest BCUT2D eigenvalue weighted by Crippen LogP contribution is -3.06. The largest absolute Gasteiger partial charge is 0.368 e. The number of hydrogen-bond acceptors (Lipinski definition) is 4. The molecule has 1 aromatic carbocycles. The molecule has 1 unspecified atom stereocenters. The van der Waals surface area contributed by atoms with E-state index < -0.39 is 5.91 Å². The van der Waals surface area contributed by atoms with E-state index in [-0.39, 0.29) is 12.1 Å². The third-order valence-electron chi connectivity index (χ3n) is 3.77. The maximum atomic E-state index is 12.7. The van der Waals surface area contributed by atoms with Gasteiger partial charge in [-0.1, -0.05) is 18.2 Å². The van der Waals surface area contributed by atoms with Crippen molar-refractivity contribution in [1.82, 2.24) is 9.55 Å². The van der Waals surface area contributed by atoms with E-state index in [1.165, 1.54) is 14.3 Å². The molecule has 0 saturated heterocycles. The van der Waals surface area contributed by atoms with Crippen molar-refractivity contribution in [2.45, 2.75) is 19.6 Å². The second-order valence-electron chi connectivity index (χ2n) is 5.79. The topological polar surface area (TPSA) is 82.4 Å². The van der Waals surface area contributed by atoms with Crippen molar-refractivity contribution in [2.75, 3.05) is 7.05 Å². The number of benzene rings is 1. The fourth-order valence-electron chi connectivity index (χ4n) is 2.71. The summed E-state index contributed by atoms with van der Waals surface area (Å²) in [6.45, 7) is 1.21. The quantitative estimate of drug-likeness (QED) is 0.669. The number of hydrogen-bond donors (Lipinski definition) is 2. The SMILES string of the molecule is C[NH+](Cc1cccs1)Cc1nc2ccccc2c(=O)n1CC(N)=O. The van der Waals surface area contributed by atoms with Crippen LogP contribution in [0.2, 0.25) is 0 Å². The van der Waals surface area contributed by atoms with Gasteiger partial charge >= 0.3 is 0 Å². The average molecular weight is 343 g/mol. The standard InChI is InChI=1S/C17H18N4O2S/c1-20(9-12-5-4-8-24-12)11-16-19-14-7-3-2-6-13(14)17(23)21(16)10-15(18)22/h2-8H,9-11H2,1H3,(H2,18,22)/p+1. The summed E-state index contributed by atoms with van der Waals surface area (Å²) in [5.74, 6) is 0.0258. The van der Waals surface area contributed by atoms with E-state index in [9.17, 15) is 9.59 Å². The van der Waals surface area contributed by atoms with Crippen LogP contribution in [0.5, 0.6) is 0 Å². The smallest absolute Gasteiger partial charge is 0.262 e. The van der Waals surface area contributed by atoms with Crippen LogP contribution in [0.3, 0.4) is 0 Å². The van der Waals surface area contributed by atoms with E-state index in [0.717, 1.165) is 6.54 Å². The van der Waals surface area contributed by atoms with Crippen molar-refractivity contribution < 1.29 is 9.69 Å². The first-order valence-corrected chi connectivity index (χ1v) is 8.53. The second-order valence-corrected chi connectivity index (χ2v) is 6.83. The van der Waals surface area contributed by atoms with Gasteiger partial charge in [0, 0.05) is 0 Å². The Balaban J connectivity index is 1.98. The van der Waals surface area contributed by atoms with Gasteiger partial charge in [-0.05, 0) is 23.6 Å². The van der Waals surface area contributed by atoms with Crippen molar-refractivity contribution >= 4 is 28.1 Å². The molecular weight excluding hydrogens is 324 g/mol. The van der Waals surface area contributed by atoms with Gasteiger partial charge in [-0.15, -0.1) is 11.3 Å². The zero-order chi connectivity index (χ0) is 17.1. The predicted octanol–water partition coefficient (Wildman–Crippen LogP) is 0.158. The van der Waals surface area contributed by atoms with E-state index in [1.807, 2.05) is 30.6 Å². The number of rotatable bonds is 6. The van der Waals surface area contributed by atoms with Gasteiger partial charge in [-0.2, -0.15) is 0 Å². The van der Waals surface area contributed by atoms with Crippen LogP contribution >= 0.6 is 11.3 Å². The number of primary amides is 1. The molecule has 2 heterocycles. The number of quaternary nitrogens is 1. The lowest BCUT2D eigenvalue weighted by molar-refractivity contribution is -0.908. The fourth-order valence-corrected chi connectivity index (χ4v) is 3.53. The first kappa shape index (κ1) is 16.4. The molecule has 3 rings (SSSR count). The van der Waals surface area contributed by atoms with Crippen LogP contribution in [-0.4, -0.2) is 22.5 Å². The van der Waals surface area contributed by atoms with Crippen LogP contribution in [0, 0.1) is 0 Å². The Labute approximate surface area is 143 Å². The number of nitrogens with one attached hydrogen (secondary N) is 1. The molecule has 0 saturated carbocycles. The average Bonchev–Trinajstić information content (AvgIpc) is 3.03. The van der Waals surface area contributed by atoms with Crippen molar-refractivity contribution in [3.05, 3.63) is 62.8 Å². The highest BCUT2D eigenvalue weighted by Gasteiger charge is 2.16. The van der Waals surface area contributed by atoms with Gasteiger partial charge in [0.1, 0.15) is 19.6 Å². The molecule has 1 atom stereocenters. The summed E-state index contributed by atoms with van der Waals surface area (Å²) in [6.07, 6.45) is 0. The number of para-hydroxylation sites is 1. The Morgan fingerprint density at radius 2 is 2.04 bits per heavy atom. The first-order chi connectivity index (χ1) is 11.5. The minimum Gasteiger partial charge on any atom is -0.368 e. The lowest BCUT2D eigenvalue weighted by Gasteiger charge is -2.16. The van der Waals surface area contributed by atoms with Crippen LogP contribution in [0.15, 0.2) is 46.6 Å². The third kappa shape index (κ3) is 3.52. The maximum absolute atomic E-state index is 12.7. The predicted molar refractivity (Wildman–Crippen MR) is 93.8 cm³/mol. The monoisotopic (exact) mass is 343 g/mol. The molecular formula is C17H19N4O2S+. The highest BCUT2D eigenvalue weighted by atomic mass is 32.1. The Morgan fingerprint density at radius 3 is 2.75 bits per heavy atom. The van der Waals surface area contributed by atoms with Crippen molar-refractivity contribution in [1.29, 1.82) is 0 Å². The Hall–Kier alpha value is -2.51. The van der Waals surface area contributed by atoms with Gasteiger partial charge in [0.25, 0.3) is 5.56 Å². The van der Waals surface area contributed by atoms with Crippen molar-refractivity contribution in [3.63, 3.8) is 0 Å². The molecule has 0 spiro atoms. The summed E-state index contributed by atoms with van der Waals surface area (Å²) < 4.78 is 1.39. The number of carbonyl (C=O) groups is 1. The summed E-state index contributed by atoms with van der Waals surface area (Å²) >= 11 is 1.70. The molecule has 24 heavy (non-hydrogen) atoms. The summed E-state index contributed by atoms with van der Waals surface area (Å²) in [6, 6.07) is 11.3. The summed E-state index contributed by atoms with van der Waals surface area (Å²) in [4.78, 5) is 31.1. The van der Waals surface area contributed by atoms with Gasteiger partial charge < -0.3 is 10.6 Å². The Kier molecular flexibility index (Phi) is 4.73. The molecule has 0 aliphatic carbocycles. The lowest BCUT2D eigenvalue weighted by atomic mass is 10.2. The molecule has 0 radical (unpaired) electrons. The molecule has 3 aromatic rings. The van der Waals surface area contributed by atoms with E-state index >= 15 is 0 Å². The first-order valence-electron chi connectivity index (χ1n) is 7.65. The fraction of sp³-hybridized carbons (Fsp3) is 0.235. The third-order valence-corrected chi connectivity index (χ3v) is 4.65. The molecule has 0 bridgehead atoms. The van der Waals surface area contributed by atoms with Crippen LogP contribution in [-0.2, 0) is 24.4 Å². The minimum atomic E-state index is -0.550. The number of nitrogens with two attached hydrogens (primary N) is 1. The van der Waals surface area contributed by atoms with E-state index in [2.05, 4.69) is 11.1 Å². The van der Waals surface area contributed by atoms with Crippen LogP contribution < -0.4 is 16.2 Å². The molecule has 0 fully saturated rings. The number of carbonyl (C=O) groups excluding carboxylic acids is 1. The highest BCUT2D eigenvalue weighted by Crippen LogP contribution is 2.08. The number of fused-ring (bicyclic) bond motifs is 1. The van der Waals surface area contributed by atoms with Gasteiger partial charge in [0.05, 0.1) is 22.8 Å². The Morgan fingerprint density at radius 1 is 1.25 bits per heavy atom. The molecule has 1 amide bonds. The van der Waals surface area contributed by atoms with Crippen LogP contribution in [0.1, 0.15) is 10.7 Å². The molecule has 0 aliphatic heterocycles. The number of aromatic nitrogens is 2. The summed E-state index contributed by atoms with van der Waals surface area (Å²) in [5.41, 5.74) is 5.73. The number of nitrogens with zero attached hydrogens (tertiary/aromatic N) is 2. The Bertz CT molecular complexity index is 918. The molecule has 0 aliphatic rings. The summed E-state index contributed by atoms with van der Waals surface area (Å²) in [7, 11) is 2.04. The van der Waals surface area contributed by atoms with Gasteiger partial charge in [-0.25, -0.2) is 4.98 Å². The van der Waals surface area contributed by atoms with E-state index in [0.29, 0.717) is 23.3 Å². The molecule has 3 N–H and O–H groups in total. The maximum Gasteiger partial charge on any atom is 0.262 e. The molecule has 2 aromatic heterocycles. The second kappa shape index (κ2) is 6.94. The van der Waals surface area contributed by atoms with Crippen molar-refractivity contribution in [2.24, 2.45) is 5.73 Å². The van der Waals surface area contributed by atoms with Gasteiger partial charge in [0.15, 0.2) is 5.82 Å². The zero-order valence-corrected chi connectivity index (χ0v) is 14.2. The number of amides is 1. The van der Waals surface area contributed by atoms with Crippen LogP contribution in [0.25, 0.3) is 10.9 Å². The molecule has 6 nitrogen and oxygen atoms in total. The van der Waals surface area contributed by atoms with Crippen LogP contribution in [0.4, 0.5) is 0 Å². The zero-order valence-electron chi connectivity index (χ0n) is 13.4. The van der Waals surface area contributed by atoms with E-state index in [1.54, 1.807) is 23.5 Å². The molecule has 7 heteroatoms. The van der Waals surface area contributed by atoms with Gasteiger partial charge in [0.2, 0.25) is 5.91 Å². The molecule has 124 valence electrons. The van der Waals surface area contributed by atoms with Gasteiger partial charge in [-0.3, -0.25) is 14.2 Å². The van der Waals surface area contributed by atoms with E-state index in [4.69, 9.17) is 5.73 Å². The minimum absolute atomic E-state index is 0.154. The number of thiophene rings is 1.